The number of anilines is 2. The predicted octanol–water partition coefficient (Wildman–Crippen LogP) is 2.81. The summed E-state index contributed by atoms with van der Waals surface area (Å²) in [5.41, 5.74) is 5.79. The lowest BCUT2D eigenvalue weighted by molar-refractivity contribution is 0.102. The highest BCUT2D eigenvalue weighted by atomic mass is 19.2. The van der Waals surface area contributed by atoms with Gasteiger partial charge in [0.2, 0.25) is 0 Å². The number of amides is 1. The zero-order valence-corrected chi connectivity index (χ0v) is 10.6. The van der Waals surface area contributed by atoms with E-state index >= 15 is 0 Å². The third-order valence-corrected chi connectivity index (χ3v) is 2.70. The Bertz CT molecular complexity index is 660. The van der Waals surface area contributed by atoms with Crippen molar-refractivity contribution >= 4 is 17.3 Å². The second kappa shape index (κ2) is 5.56. The second-order valence-electron chi connectivity index (χ2n) is 4.01. The fourth-order valence-corrected chi connectivity index (χ4v) is 1.66. The zero-order chi connectivity index (χ0) is 14.7. The number of carbonyl (C=O) groups excluding carboxylic acids is 1. The first kappa shape index (κ1) is 13.8. The summed E-state index contributed by atoms with van der Waals surface area (Å²) in [6.45, 7) is 0. The summed E-state index contributed by atoms with van der Waals surface area (Å²) >= 11 is 0. The molecule has 3 N–H and O–H groups in total. The highest BCUT2D eigenvalue weighted by molar-refractivity contribution is 6.07. The highest BCUT2D eigenvalue weighted by Crippen LogP contribution is 2.22. The van der Waals surface area contributed by atoms with Crippen LogP contribution in [0.4, 0.5) is 20.2 Å². The molecule has 0 aliphatic carbocycles. The molecule has 0 fully saturated rings. The van der Waals surface area contributed by atoms with Gasteiger partial charge in [-0.1, -0.05) is 6.07 Å². The van der Waals surface area contributed by atoms with Crippen molar-refractivity contribution in [3.8, 4) is 5.75 Å². The van der Waals surface area contributed by atoms with Gasteiger partial charge in [0, 0.05) is 11.8 Å². The lowest BCUT2D eigenvalue weighted by Gasteiger charge is -2.09. The van der Waals surface area contributed by atoms with E-state index in [0.29, 0.717) is 5.75 Å². The molecular formula is C14H12F2N2O2. The van der Waals surface area contributed by atoms with Crippen molar-refractivity contribution < 1.29 is 18.3 Å². The smallest absolute Gasteiger partial charge is 0.257 e. The van der Waals surface area contributed by atoms with E-state index in [-0.39, 0.29) is 16.9 Å². The van der Waals surface area contributed by atoms with E-state index in [0.717, 1.165) is 6.07 Å². The van der Waals surface area contributed by atoms with Crippen molar-refractivity contribution in [2.24, 2.45) is 0 Å². The number of halogens is 2. The molecule has 2 aromatic rings. The number of nitrogens with two attached hydrogens (primary N) is 1. The molecule has 0 bridgehead atoms. The van der Waals surface area contributed by atoms with Gasteiger partial charge in [-0.3, -0.25) is 4.79 Å². The first-order valence-electron chi connectivity index (χ1n) is 5.72. The quantitative estimate of drug-likeness (QED) is 0.848. The fourth-order valence-electron chi connectivity index (χ4n) is 1.66. The number of nitrogen functional groups attached to an aromatic ring is 1. The first-order chi connectivity index (χ1) is 9.52. The molecule has 2 rings (SSSR count). The molecule has 4 nitrogen and oxygen atoms in total. The predicted molar refractivity (Wildman–Crippen MR) is 71.7 cm³/mol. The summed E-state index contributed by atoms with van der Waals surface area (Å²) in [4.78, 5) is 12.0. The van der Waals surface area contributed by atoms with E-state index in [9.17, 15) is 13.6 Å². The highest BCUT2D eigenvalue weighted by Gasteiger charge is 2.14. The van der Waals surface area contributed by atoms with Gasteiger partial charge in [0.1, 0.15) is 5.75 Å². The Hall–Kier alpha value is -2.63. The van der Waals surface area contributed by atoms with Gasteiger partial charge in [0.05, 0.1) is 18.4 Å². The Balaban J connectivity index is 2.26. The molecule has 1 amide bonds. The van der Waals surface area contributed by atoms with Gasteiger partial charge in [-0.25, -0.2) is 8.78 Å². The van der Waals surface area contributed by atoms with Crippen LogP contribution < -0.4 is 15.8 Å². The fraction of sp³-hybridized carbons (Fsp3) is 0.0714. The van der Waals surface area contributed by atoms with Gasteiger partial charge in [-0.05, 0) is 24.3 Å². The van der Waals surface area contributed by atoms with Crippen molar-refractivity contribution in [3.63, 3.8) is 0 Å². The Kier molecular flexibility index (Phi) is 3.84. The number of rotatable bonds is 3. The van der Waals surface area contributed by atoms with Crippen LogP contribution in [0.1, 0.15) is 10.4 Å². The van der Waals surface area contributed by atoms with Crippen molar-refractivity contribution in [2.45, 2.75) is 0 Å². The summed E-state index contributed by atoms with van der Waals surface area (Å²) in [6, 6.07) is 7.99. The minimum atomic E-state index is -1.12. The number of hydrogen-bond donors (Lipinski definition) is 2. The van der Waals surface area contributed by atoms with Crippen LogP contribution in [0.5, 0.6) is 5.75 Å². The van der Waals surface area contributed by atoms with Gasteiger partial charge >= 0.3 is 0 Å². The van der Waals surface area contributed by atoms with E-state index in [1.54, 1.807) is 6.07 Å². The molecule has 0 radical (unpaired) electrons. The van der Waals surface area contributed by atoms with Gasteiger partial charge in [-0.15, -0.1) is 0 Å². The van der Waals surface area contributed by atoms with Crippen molar-refractivity contribution in [1.82, 2.24) is 0 Å². The SMILES string of the molecule is COc1ccc(C(=O)Nc2cccc(F)c2F)c(N)c1. The van der Waals surface area contributed by atoms with E-state index in [1.165, 1.54) is 31.4 Å². The minimum absolute atomic E-state index is 0.148. The number of hydrogen-bond acceptors (Lipinski definition) is 3. The molecule has 6 heteroatoms. The van der Waals surface area contributed by atoms with Crippen LogP contribution in [0.25, 0.3) is 0 Å². The molecule has 0 saturated heterocycles. The molecule has 0 saturated carbocycles. The van der Waals surface area contributed by atoms with Gasteiger partial charge in [0.15, 0.2) is 11.6 Å². The molecule has 104 valence electrons. The molecule has 0 atom stereocenters. The summed E-state index contributed by atoms with van der Waals surface area (Å²) in [6.07, 6.45) is 0. The average molecular weight is 278 g/mol. The van der Waals surface area contributed by atoms with Crippen LogP contribution in [0.15, 0.2) is 36.4 Å². The van der Waals surface area contributed by atoms with Crippen LogP contribution in [-0.2, 0) is 0 Å². The monoisotopic (exact) mass is 278 g/mol. The van der Waals surface area contributed by atoms with Crippen molar-refractivity contribution in [1.29, 1.82) is 0 Å². The standard InChI is InChI=1S/C14H12F2N2O2/c1-20-8-5-6-9(11(17)7-8)14(19)18-12-4-2-3-10(15)13(12)16/h2-7H,17H2,1H3,(H,18,19). The Morgan fingerprint density at radius 1 is 1.25 bits per heavy atom. The first-order valence-corrected chi connectivity index (χ1v) is 5.72. The number of ether oxygens (including phenoxy) is 1. The molecule has 0 heterocycles. The molecule has 2 aromatic carbocycles. The van der Waals surface area contributed by atoms with Crippen molar-refractivity contribution in [3.05, 3.63) is 53.6 Å². The lowest BCUT2D eigenvalue weighted by Crippen LogP contribution is -2.15. The number of carbonyl (C=O) groups is 1. The van der Waals surface area contributed by atoms with Crippen LogP contribution in [0.2, 0.25) is 0 Å². The van der Waals surface area contributed by atoms with Crippen LogP contribution in [-0.4, -0.2) is 13.0 Å². The minimum Gasteiger partial charge on any atom is -0.497 e. The molecule has 0 aromatic heterocycles. The molecule has 20 heavy (non-hydrogen) atoms. The van der Waals surface area contributed by atoms with E-state index < -0.39 is 17.5 Å². The summed E-state index contributed by atoms with van der Waals surface area (Å²) < 4.78 is 31.5. The third kappa shape index (κ3) is 2.69. The Morgan fingerprint density at radius 3 is 2.65 bits per heavy atom. The Morgan fingerprint density at radius 2 is 2.00 bits per heavy atom. The summed E-state index contributed by atoms with van der Waals surface area (Å²) in [5, 5.41) is 2.27. The third-order valence-electron chi connectivity index (χ3n) is 2.70. The maximum atomic E-state index is 13.5. The topological polar surface area (TPSA) is 64.3 Å². The van der Waals surface area contributed by atoms with Crippen LogP contribution in [0.3, 0.4) is 0 Å². The Labute approximate surface area is 114 Å². The number of nitrogens with one attached hydrogen (secondary N) is 1. The second-order valence-corrected chi connectivity index (χ2v) is 4.01. The van der Waals surface area contributed by atoms with Crippen LogP contribution in [0, 0.1) is 11.6 Å². The van der Waals surface area contributed by atoms with Crippen LogP contribution >= 0.6 is 0 Å². The van der Waals surface area contributed by atoms with E-state index in [1.807, 2.05) is 0 Å². The molecule has 0 aliphatic heterocycles. The largest absolute Gasteiger partial charge is 0.497 e. The molecular weight excluding hydrogens is 266 g/mol. The number of methoxy groups -OCH3 is 1. The number of benzene rings is 2. The summed E-state index contributed by atoms with van der Waals surface area (Å²) in [7, 11) is 1.47. The van der Waals surface area contributed by atoms with E-state index in [2.05, 4.69) is 5.32 Å². The average Bonchev–Trinajstić information content (AvgIpc) is 2.43. The summed E-state index contributed by atoms with van der Waals surface area (Å²) in [5.74, 6) is -2.29. The normalized spacial score (nSPS) is 10.2. The lowest BCUT2D eigenvalue weighted by atomic mass is 10.1. The molecule has 0 unspecified atom stereocenters. The van der Waals surface area contributed by atoms with Crippen molar-refractivity contribution in [2.75, 3.05) is 18.2 Å². The van der Waals surface area contributed by atoms with Gasteiger partial charge < -0.3 is 15.8 Å². The van der Waals surface area contributed by atoms with E-state index in [4.69, 9.17) is 10.5 Å². The zero-order valence-electron chi connectivity index (χ0n) is 10.6. The van der Waals surface area contributed by atoms with Gasteiger partial charge in [-0.2, -0.15) is 0 Å². The molecule has 0 aliphatic rings. The maximum absolute atomic E-state index is 13.5. The maximum Gasteiger partial charge on any atom is 0.257 e. The van der Waals surface area contributed by atoms with Gasteiger partial charge in [0.25, 0.3) is 5.91 Å². The molecule has 0 spiro atoms.